The van der Waals surface area contributed by atoms with E-state index >= 15 is 0 Å². The average Bonchev–Trinajstić information content (AvgIpc) is 2.34. The van der Waals surface area contributed by atoms with Crippen LogP contribution in [-0.4, -0.2) is 13.2 Å². The molecule has 1 N–H and O–H groups in total. The fourth-order valence-electron chi connectivity index (χ4n) is 1.70. The predicted molar refractivity (Wildman–Crippen MR) is 68.8 cm³/mol. The van der Waals surface area contributed by atoms with Gasteiger partial charge in [-0.25, -0.2) is 0 Å². The summed E-state index contributed by atoms with van der Waals surface area (Å²) in [6, 6.07) is 8.71. The largest absolute Gasteiger partial charge is 0.490 e. The maximum atomic E-state index is 5.45. The highest BCUT2D eigenvalue weighted by Crippen LogP contribution is 2.20. The molecule has 1 aromatic rings. The number of hydrogen-bond donors (Lipinski definition) is 1. The molecular weight excluding hydrogens is 198 g/mol. The molecule has 0 amide bonds. The fourth-order valence-corrected chi connectivity index (χ4v) is 1.70. The molecule has 0 bridgehead atoms. The van der Waals surface area contributed by atoms with Crippen LogP contribution in [0.2, 0.25) is 0 Å². The van der Waals surface area contributed by atoms with Gasteiger partial charge < -0.3 is 10.1 Å². The van der Waals surface area contributed by atoms with E-state index in [-0.39, 0.29) is 0 Å². The average molecular weight is 219 g/mol. The molecule has 0 saturated heterocycles. The Hall–Kier alpha value is -1.28. The normalized spacial score (nSPS) is 12.1. The van der Waals surface area contributed by atoms with E-state index < -0.39 is 0 Å². The highest BCUT2D eigenvalue weighted by molar-refractivity contribution is 5.29. The van der Waals surface area contributed by atoms with Crippen molar-refractivity contribution in [2.75, 3.05) is 13.2 Å². The highest BCUT2D eigenvalue weighted by atomic mass is 16.5. The van der Waals surface area contributed by atoms with Crippen LogP contribution < -0.4 is 10.1 Å². The van der Waals surface area contributed by atoms with E-state index in [0.717, 1.165) is 18.7 Å². The number of ether oxygens (including phenoxy) is 1. The number of nitrogens with one attached hydrogen (secondary N) is 1. The van der Waals surface area contributed by atoms with Crippen molar-refractivity contribution >= 4 is 0 Å². The topological polar surface area (TPSA) is 21.3 Å². The van der Waals surface area contributed by atoms with Gasteiger partial charge in [0.05, 0.1) is 0 Å². The molecule has 1 unspecified atom stereocenters. The molecule has 0 radical (unpaired) electrons. The van der Waals surface area contributed by atoms with Crippen molar-refractivity contribution in [3.8, 4) is 5.75 Å². The summed E-state index contributed by atoms with van der Waals surface area (Å²) in [5, 5.41) is 3.45. The number of hydrogen-bond acceptors (Lipinski definition) is 2. The summed E-state index contributed by atoms with van der Waals surface area (Å²) < 4.78 is 5.45. The van der Waals surface area contributed by atoms with Gasteiger partial charge in [-0.1, -0.05) is 38.6 Å². The summed E-state index contributed by atoms with van der Waals surface area (Å²) in [5.41, 5.74) is 1.32. The van der Waals surface area contributed by atoms with Crippen LogP contribution in [0.5, 0.6) is 5.75 Å². The Morgan fingerprint density at radius 3 is 2.50 bits per heavy atom. The Kier molecular flexibility index (Phi) is 5.65. The van der Waals surface area contributed by atoms with Crippen LogP contribution in [0.15, 0.2) is 36.9 Å². The first-order valence-corrected chi connectivity index (χ1v) is 5.88. The van der Waals surface area contributed by atoms with Crippen molar-refractivity contribution in [1.82, 2.24) is 5.32 Å². The van der Waals surface area contributed by atoms with Gasteiger partial charge in [0.1, 0.15) is 12.4 Å². The monoisotopic (exact) mass is 219 g/mol. The van der Waals surface area contributed by atoms with Crippen molar-refractivity contribution in [2.24, 2.45) is 0 Å². The molecule has 0 aliphatic carbocycles. The Morgan fingerprint density at radius 2 is 2.00 bits per heavy atom. The zero-order chi connectivity index (χ0) is 11.8. The highest BCUT2D eigenvalue weighted by Gasteiger charge is 2.06. The Bertz CT molecular complexity index is 305. The number of rotatable bonds is 7. The van der Waals surface area contributed by atoms with E-state index in [2.05, 4.69) is 37.9 Å². The first-order valence-electron chi connectivity index (χ1n) is 5.88. The van der Waals surface area contributed by atoms with Crippen LogP contribution in [-0.2, 0) is 0 Å². The van der Waals surface area contributed by atoms with Crippen LogP contribution in [0.3, 0.4) is 0 Å². The first kappa shape index (κ1) is 12.8. The lowest BCUT2D eigenvalue weighted by Gasteiger charge is -2.16. The minimum atomic E-state index is 0.443. The molecule has 0 saturated carbocycles. The van der Waals surface area contributed by atoms with Crippen LogP contribution in [0.1, 0.15) is 31.9 Å². The van der Waals surface area contributed by atoms with E-state index in [0.29, 0.717) is 12.6 Å². The third kappa shape index (κ3) is 3.70. The Labute approximate surface area is 98.3 Å². The Morgan fingerprint density at radius 1 is 1.31 bits per heavy atom. The molecule has 1 rings (SSSR count). The maximum absolute atomic E-state index is 5.45. The summed E-state index contributed by atoms with van der Waals surface area (Å²) in [7, 11) is 0. The SMILES string of the molecule is C=CCOc1ccc(C(CC)NCC)cc1. The third-order valence-corrected chi connectivity index (χ3v) is 2.51. The lowest BCUT2D eigenvalue weighted by molar-refractivity contribution is 0.363. The zero-order valence-corrected chi connectivity index (χ0v) is 10.2. The third-order valence-electron chi connectivity index (χ3n) is 2.51. The Balaban J connectivity index is 2.64. The van der Waals surface area contributed by atoms with E-state index in [1.54, 1.807) is 6.08 Å². The van der Waals surface area contributed by atoms with E-state index in [9.17, 15) is 0 Å². The van der Waals surface area contributed by atoms with Gasteiger partial charge in [0.2, 0.25) is 0 Å². The lowest BCUT2D eigenvalue weighted by atomic mass is 10.0. The van der Waals surface area contributed by atoms with Gasteiger partial charge in [-0.15, -0.1) is 0 Å². The van der Waals surface area contributed by atoms with Gasteiger partial charge in [-0.2, -0.15) is 0 Å². The second-order valence-electron chi connectivity index (χ2n) is 3.69. The molecule has 88 valence electrons. The summed E-state index contributed by atoms with van der Waals surface area (Å²) in [6.45, 7) is 9.50. The van der Waals surface area contributed by atoms with E-state index in [1.165, 1.54) is 5.56 Å². The molecule has 1 atom stereocenters. The molecule has 0 aliphatic heterocycles. The van der Waals surface area contributed by atoms with Crippen LogP contribution in [0.4, 0.5) is 0 Å². The van der Waals surface area contributed by atoms with Crippen LogP contribution in [0.25, 0.3) is 0 Å². The minimum Gasteiger partial charge on any atom is -0.490 e. The molecule has 16 heavy (non-hydrogen) atoms. The molecule has 1 aromatic carbocycles. The zero-order valence-electron chi connectivity index (χ0n) is 10.2. The van der Waals surface area contributed by atoms with Crippen LogP contribution in [0, 0.1) is 0 Å². The summed E-state index contributed by atoms with van der Waals surface area (Å²) in [5.74, 6) is 0.898. The molecule has 2 nitrogen and oxygen atoms in total. The number of benzene rings is 1. The van der Waals surface area contributed by atoms with Crippen molar-refractivity contribution in [1.29, 1.82) is 0 Å². The van der Waals surface area contributed by atoms with Crippen LogP contribution >= 0.6 is 0 Å². The summed E-state index contributed by atoms with van der Waals surface area (Å²) >= 11 is 0. The second kappa shape index (κ2) is 7.07. The van der Waals surface area contributed by atoms with Gasteiger partial charge in [-0.05, 0) is 30.7 Å². The molecule has 0 heterocycles. The summed E-state index contributed by atoms with van der Waals surface area (Å²) in [4.78, 5) is 0. The summed E-state index contributed by atoms with van der Waals surface area (Å²) in [6.07, 6.45) is 2.85. The quantitative estimate of drug-likeness (QED) is 0.710. The molecule has 0 spiro atoms. The van der Waals surface area contributed by atoms with E-state index in [4.69, 9.17) is 4.74 Å². The smallest absolute Gasteiger partial charge is 0.119 e. The van der Waals surface area contributed by atoms with Gasteiger partial charge >= 0.3 is 0 Å². The fraction of sp³-hybridized carbons (Fsp3) is 0.429. The van der Waals surface area contributed by atoms with Crippen molar-refractivity contribution in [3.63, 3.8) is 0 Å². The molecule has 0 aliphatic rings. The van der Waals surface area contributed by atoms with Gasteiger partial charge in [0, 0.05) is 6.04 Å². The standard InChI is InChI=1S/C14H21NO/c1-4-11-16-13-9-7-12(8-10-13)14(5-2)15-6-3/h4,7-10,14-15H,1,5-6,11H2,2-3H3. The molecular formula is C14H21NO. The van der Waals surface area contributed by atoms with Gasteiger partial charge in [0.25, 0.3) is 0 Å². The predicted octanol–water partition coefficient (Wildman–Crippen LogP) is 3.31. The van der Waals surface area contributed by atoms with Crippen molar-refractivity contribution in [3.05, 3.63) is 42.5 Å². The van der Waals surface area contributed by atoms with Gasteiger partial charge in [-0.3, -0.25) is 0 Å². The maximum Gasteiger partial charge on any atom is 0.119 e. The molecule has 0 fully saturated rings. The van der Waals surface area contributed by atoms with Crippen molar-refractivity contribution < 1.29 is 4.74 Å². The van der Waals surface area contributed by atoms with Crippen molar-refractivity contribution in [2.45, 2.75) is 26.3 Å². The molecule has 0 aromatic heterocycles. The van der Waals surface area contributed by atoms with Gasteiger partial charge in [0.15, 0.2) is 0 Å². The first-order chi connectivity index (χ1) is 7.81. The lowest BCUT2D eigenvalue weighted by Crippen LogP contribution is -2.19. The minimum absolute atomic E-state index is 0.443. The second-order valence-corrected chi connectivity index (χ2v) is 3.69. The van der Waals surface area contributed by atoms with E-state index in [1.807, 2.05) is 12.1 Å². The molecule has 2 heteroatoms.